The molecule has 0 amide bonds. The first-order valence-electron chi connectivity index (χ1n) is 11.6. The van der Waals surface area contributed by atoms with Gasteiger partial charge < -0.3 is 19.3 Å². The first kappa shape index (κ1) is 26.4. The number of hydrogen-bond acceptors (Lipinski definition) is 4. The number of ether oxygens (including phenoxy) is 3. The number of aliphatic hydroxyl groups excluding tert-OH is 1. The number of rotatable bonds is 16. The molecule has 0 aromatic heterocycles. The monoisotopic (exact) mass is 420 g/mol. The SMILES string of the molecule is CC/C(C)=C/Cc1c(C)c(OC)c(OC)c(OCCCCCCCCCCO)c1C. The van der Waals surface area contributed by atoms with E-state index in [9.17, 15) is 0 Å². The molecule has 0 spiro atoms. The maximum absolute atomic E-state index is 8.81. The highest BCUT2D eigenvalue weighted by atomic mass is 16.5. The average Bonchev–Trinajstić information content (AvgIpc) is 2.75. The van der Waals surface area contributed by atoms with E-state index in [0.717, 1.165) is 54.7 Å². The third-order valence-electron chi connectivity index (χ3n) is 5.92. The summed E-state index contributed by atoms with van der Waals surface area (Å²) in [4.78, 5) is 0. The zero-order valence-corrected chi connectivity index (χ0v) is 20.2. The van der Waals surface area contributed by atoms with Gasteiger partial charge in [0, 0.05) is 6.61 Å². The number of hydrogen-bond donors (Lipinski definition) is 1. The van der Waals surface area contributed by atoms with Crippen LogP contribution in [0.2, 0.25) is 0 Å². The Labute approximate surface area is 184 Å². The van der Waals surface area contributed by atoms with Crippen LogP contribution in [-0.2, 0) is 6.42 Å². The molecule has 30 heavy (non-hydrogen) atoms. The lowest BCUT2D eigenvalue weighted by atomic mass is 9.96. The van der Waals surface area contributed by atoms with Gasteiger partial charge in [0.15, 0.2) is 11.5 Å². The molecule has 0 aliphatic carbocycles. The summed E-state index contributed by atoms with van der Waals surface area (Å²) in [5.41, 5.74) is 4.93. The van der Waals surface area contributed by atoms with Gasteiger partial charge >= 0.3 is 0 Å². The molecule has 0 saturated carbocycles. The summed E-state index contributed by atoms with van der Waals surface area (Å²) in [6.45, 7) is 9.60. The van der Waals surface area contributed by atoms with E-state index in [2.05, 4.69) is 33.8 Å². The van der Waals surface area contributed by atoms with Gasteiger partial charge in [-0.15, -0.1) is 0 Å². The third kappa shape index (κ3) is 8.22. The standard InChI is InChI=1S/C26H44O4/c1-7-20(2)16-17-23-21(3)24(28-5)26(29-6)25(22(23)4)30-19-15-13-11-9-8-10-12-14-18-27/h16,27H,7-15,17-19H2,1-6H3/b20-16+. The van der Waals surface area contributed by atoms with E-state index in [1.165, 1.54) is 43.2 Å². The van der Waals surface area contributed by atoms with E-state index in [1.807, 2.05) is 0 Å². The van der Waals surface area contributed by atoms with Crippen LogP contribution >= 0.6 is 0 Å². The van der Waals surface area contributed by atoms with E-state index in [-0.39, 0.29) is 0 Å². The lowest BCUT2D eigenvalue weighted by Gasteiger charge is -2.22. The lowest BCUT2D eigenvalue weighted by molar-refractivity contribution is 0.273. The van der Waals surface area contributed by atoms with E-state index in [4.69, 9.17) is 19.3 Å². The Hall–Kier alpha value is -1.68. The Morgan fingerprint density at radius 1 is 0.800 bits per heavy atom. The van der Waals surface area contributed by atoms with Crippen molar-refractivity contribution in [2.75, 3.05) is 27.4 Å². The number of allylic oxidation sites excluding steroid dienone is 2. The predicted octanol–water partition coefficient (Wildman–Crippen LogP) is 6.71. The van der Waals surface area contributed by atoms with Crippen molar-refractivity contribution in [3.63, 3.8) is 0 Å². The highest BCUT2D eigenvalue weighted by Crippen LogP contribution is 2.45. The smallest absolute Gasteiger partial charge is 0.203 e. The van der Waals surface area contributed by atoms with Crippen molar-refractivity contribution >= 4 is 0 Å². The molecule has 0 radical (unpaired) electrons. The van der Waals surface area contributed by atoms with Crippen LogP contribution in [0, 0.1) is 13.8 Å². The van der Waals surface area contributed by atoms with Crippen molar-refractivity contribution in [2.45, 2.75) is 91.9 Å². The fraction of sp³-hybridized carbons (Fsp3) is 0.692. The summed E-state index contributed by atoms with van der Waals surface area (Å²) in [6, 6.07) is 0. The molecule has 0 bridgehead atoms. The minimum atomic E-state index is 0.320. The summed E-state index contributed by atoms with van der Waals surface area (Å²) in [7, 11) is 3.38. The van der Waals surface area contributed by atoms with Crippen molar-refractivity contribution in [1.82, 2.24) is 0 Å². The second kappa shape index (κ2) is 15.2. The average molecular weight is 421 g/mol. The summed E-state index contributed by atoms with van der Waals surface area (Å²) in [5, 5.41) is 8.81. The van der Waals surface area contributed by atoms with Gasteiger partial charge in [-0.05, 0) is 63.1 Å². The maximum Gasteiger partial charge on any atom is 0.203 e. The minimum Gasteiger partial charge on any atom is -0.492 e. The topological polar surface area (TPSA) is 47.9 Å². The molecule has 1 rings (SSSR count). The highest BCUT2D eigenvalue weighted by Gasteiger charge is 2.22. The Morgan fingerprint density at radius 3 is 1.87 bits per heavy atom. The molecular formula is C26H44O4. The molecule has 172 valence electrons. The van der Waals surface area contributed by atoms with Gasteiger partial charge in [0.25, 0.3) is 0 Å². The summed E-state index contributed by atoms with van der Waals surface area (Å²) < 4.78 is 17.6. The van der Waals surface area contributed by atoms with Crippen molar-refractivity contribution in [3.05, 3.63) is 28.3 Å². The summed E-state index contributed by atoms with van der Waals surface area (Å²) in [5.74, 6) is 2.30. The van der Waals surface area contributed by atoms with Crippen LogP contribution in [0.15, 0.2) is 11.6 Å². The normalized spacial score (nSPS) is 11.6. The van der Waals surface area contributed by atoms with Crippen LogP contribution in [0.1, 0.15) is 88.3 Å². The predicted molar refractivity (Wildman–Crippen MR) is 126 cm³/mol. The quantitative estimate of drug-likeness (QED) is 0.238. The molecule has 1 N–H and O–H groups in total. The molecular weight excluding hydrogens is 376 g/mol. The molecule has 0 heterocycles. The number of aliphatic hydroxyl groups is 1. The van der Waals surface area contributed by atoms with Gasteiger partial charge in [-0.25, -0.2) is 0 Å². The number of unbranched alkanes of at least 4 members (excludes halogenated alkanes) is 7. The fourth-order valence-corrected chi connectivity index (χ4v) is 3.78. The van der Waals surface area contributed by atoms with Crippen molar-refractivity contribution in [3.8, 4) is 17.2 Å². The number of methoxy groups -OCH3 is 2. The molecule has 4 heteroatoms. The molecule has 0 saturated heterocycles. The van der Waals surface area contributed by atoms with Crippen molar-refractivity contribution < 1.29 is 19.3 Å². The molecule has 0 aliphatic heterocycles. The molecule has 4 nitrogen and oxygen atoms in total. The Kier molecular flexibility index (Phi) is 13.3. The van der Waals surface area contributed by atoms with Crippen LogP contribution in [0.3, 0.4) is 0 Å². The van der Waals surface area contributed by atoms with Gasteiger partial charge in [0.2, 0.25) is 5.75 Å². The van der Waals surface area contributed by atoms with Gasteiger partial charge in [-0.3, -0.25) is 0 Å². The van der Waals surface area contributed by atoms with Gasteiger partial charge in [-0.1, -0.05) is 57.1 Å². The van der Waals surface area contributed by atoms with Crippen molar-refractivity contribution in [1.29, 1.82) is 0 Å². The van der Waals surface area contributed by atoms with Crippen LogP contribution in [-0.4, -0.2) is 32.5 Å². The molecule has 1 aromatic rings. The molecule has 1 aromatic carbocycles. The zero-order chi connectivity index (χ0) is 22.4. The van der Waals surface area contributed by atoms with Gasteiger partial charge in [-0.2, -0.15) is 0 Å². The third-order valence-corrected chi connectivity index (χ3v) is 5.92. The molecule has 0 aliphatic rings. The van der Waals surface area contributed by atoms with E-state index in [1.54, 1.807) is 14.2 Å². The van der Waals surface area contributed by atoms with Crippen molar-refractivity contribution in [2.24, 2.45) is 0 Å². The van der Waals surface area contributed by atoms with Crippen LogP contribution < -0.4 is 14.2 Å². The summed E-state index contributed by atoms with van der Waals surface area (Å²) in [6.07, 6.45) is 13.5. The van der Waals surface area contributed by atoms with E-state index in [0.29, 0.717) is 19.0 Å². The van der Waals surface area contributed by atoms with Crippen LogP contribution in [0.5, 0.6) is 17.2 Å². The molecule has 0 unspecified atom stereocenters. The Morgan fingerprint density at radius 2 is 1.33 bits per heavy atom. The van der Waals surface area contributed by atoms with Gasteiger partial charge in [0.1, 0.15) is 0 Å². The lowest BCUT2D eigenvalue weighted by Crippen LogP contribution is -2.07. The molecule has 0 atom stereocenters. The van der Waals surface area contributed by atoms with Crippen LogP contribution in [0.4, 0.5) is 0 Å². The fourth-order valence-electron chi connectivity index (χ4n) is 3.78. The van der Waals surface area contributed by atoms with E-state index < -0.39 is 0 Å². The second-order valence-electron chi connectivity index (χ2n) is 8.13. The van der Waals surface area contributed by atoms with Crippen LogP contribution in [0.25, 0.3) is 0 Å². The number of benzene rings is 1. The summed E-state index contributed by atoms with van der Waals surface area (Å²) >= 11 is 0. The first-order valence-corrected chi connectivity index (χ1v) is 11.6. The van der Waals surface area contributed by atoms with Gasteiger partial charge in [0.05, 0.1) is 20.8 Å². The minimum absolute atomic E-state index is 0.320. The second-order valence-corrected chi connectivity index (χ2v) is 8.13. The first-order chi connectivity index (χ1) is 14.5. The Bertz CT molecular complexity index is 649. The zero-order valence-electron chi connectivity index (χ0n) is 20.2. The Balaban J connectivity index is 2.73. The molecule has 0 fully saturated rings. The van der Waals surface area contributed by atoms with E-state index >= 15 is 0 Å². The maximum atomic E-state index is 8.81. The largest absolute Gasteiger partial charge is 0.492 e. The highest BCUT2D eigenvalue weighted by molar-refractivity contribution is 5.63.